The fourth-order valence-electron chi connectivity index (χ4n) is 4.04. The van der Waals surface area contributed by atoms with Crippen LogP contribution in [0.2, 0.25) is 5.02 Å². The second-order valence-electron chi connectivity index (χ2n) is 10.1. The van der Waals surface area contributed by atoms with Crippen LogP contribution in [0.5, 0.6) is 0 Å². The first-order valence-corrected chi connectivity index (χ1v) is 14.7. The molecule has 3 rings (SSSR count). The van der Waals surface area contributed by atoms with Crippen LogP contribution in [0.3, 0.4) is 0 Å². The van der Waals surface area contributed by atoms with Crippen LogP contribution in [0.1, 0.15) is 37.5 Å². The summed E-state index contributed by atoms with van der Waals surface area (Å²) in [5, 5.41) is 3.43. The maximum Gasteiger partial charge on any atom is 0.264 e. The van der Waals surface area contributed by atoms with Crippen LogP contribution >= 0.6 is 11.6 Å². The molecule has 0 radical (unpaired) electrons. The van der Waals surface area contributed by atoms with Crippen LogP contribution in [0.4, 0.5) is 5.69 Å². The predicted molar refractivity (Wildman–Crippen MR) is 156 cm³/mol. The summed E-state index contributed by atoms with van der Waals surface area (Å²) in [6.07, 6.45) is 0. The van der Waals surface area contributed by atoms with Gasteiger partial charge in [0.2, 0.25) is 11.8 Å². The van der Waals surface area contributed by atoms with Crippen molar-refractivity contribution >= 4 is 39.1 Å². The number of sulfonamides is 1. The quantitative estimate of drug-likeness (QED) is 0.338. The minimum atomic E-state index is -4.10. The van der Waals surface area contributed by atoms with Crippen LogP contribution in [0, 0.1) is 19.8 Å². The number of nitrogens with one attached hydrogen (secondary N) is 1. The Hall–Kier alpha value is -3.36. The van der Waals surface area contributed by atoms with Gasteiger partial charge in [0.15, 0.2) is 0 Å². The minimum Gasteiger partial charge on any atom is -0.354 e. The predicted octanol–water partition coefficient (Wildman–Crippen LogP) is 5.34. The minimum absolute atomic E-state index is 0.0747. The number of carbonyl (C=O) groups is 2. The van der Waals surface area contributed by atoms with E-state index in [1.807, 2.05) is 32.9 Å². The molecule has 0 heterocycles. The van der Waals surface area contributed by atoms with E-state index < -0.39 is 28.5 Å². The van der Waals surface area contributed by atoms with E-state index in [0.29, 0.717) is 22.8 Å². The summed E-state index contributed by atoms with van der Waals surface area (Å²) in [4.78, 5) is 28.5. The van der Waals surface area contributed by atoms with Crippen LogP contribution in [0.15, 0.2) is 77.7 Å². The van der Waals surface area contributed by atoms with E-state index in [4.69, 9.17) is 11.6 Å². The molecule has 3 aromatic carbocycles. The zero-order valence-electron chi connectivity index (χ0n) is 23.0. The Morgan fingerprint density at radius 3 is 2.18 bits per heavy atom. The van der Waals surface area contributed by atoms with Crippen molar-refractivity contribution in [3.05, 3.63) is 94.5 Å². The van der Waals surface area contributed by atoms with Crippen LogP contribution in [0.25, 0.3) is 0 Å². The van der Waals surface area contributed by atoms with Crippen LogP contribution < -0.4 is 9.62 Å². The normalized spacial score (nSPS) is 12.2. The molecule has 0 aromatic heterocycles. The molecule has 0 unspecified atom stereocenters. The highest BCUT2D eigenvalue weighted by atomic mass is 35.5. The maximum atomic E-state index is 14.0. The lowest BCUT2D eigenvalue weighted by molar-refractivity contribution is -0.139. The summed E-state index contributed by atoms with van der Waals surface area (Å²) in [6, 6.07) is 19.7. The molecule has 208 valence electrons. The van der Waals surface area contributed by atoms with E-state index >= 15 is 0 Å². The first-order chi connectivity index (χ1) is 18.4. The van der Waals surface area contributed by atoms with Crippen molar-refractivity contribution in [3.8, 4) is 0 Å². The Labute approximate surface area is 236 Å². The lowest BCUT2D eigenvalue weighted by Crippen LogP contribution is -2.51. The zero-order chi connectivity index (χ0) is 28.7. The topological polar surface area (TPSA) is 86.8 Å². The lowest BCUT2D eigenvalue weighted by Gasteiger charge is -2.32. The van der Waals surface area contributed by atoms with Crippen molar-refractivity contribution in [2.75, 3.05) is 17.4 Å². The van der Waals surface area contributed by atoms with Gasteiger partial charge in [-0.15, -0.1) is 0 Å². The fourth-order valence-corrected chi connectivity index (χ4v) is 5.66. The summed E-state index contributed by atoms with van der Waals surface area (Å²) < 4.78 is 28.9. The molecular formula is C30H36ClN3O4S. The first kappa shape index (κ1) is 30.2. The van der Waals surface area contributed by atoms with E-state index in [2.05, 4.69) is 5.32 Å². The van der Waals surface area contributed by atoms with Crippen molar-refractivity contribution in [1.29, 1.82) is 0 Å². The highest BCUT2D eigenvalue weighted by Gasteiger charge is 2.33. The molecule has 2 amide bonds. The van der Waals surface area contributed by atoms with Gasteiger partial charge in [-0.1, -0.05) is 67.9 Å². The van der Waals surface area contributed by atoms with Gasteiger partial charge in [0.1, 0.15) is 12.6 Å². The number of nitrogens with zero attached hydrogens (tertiary/aromatic N) is 2. The molecule has 0 bridgehead atoms. The molecule has 7 nitrogen and oxygen atoms in total. The second kappa shape index (κ2) is 13.1. The molecular weight excluding hydrogens is 534 g/mol. The van der Waals surface area contributed by atoms with Crippen molar-refractivity contribution in [1.82, 2.24) is 10.2 Å². The van der Waals surface area contributed by atoms with Gasteiger partial charge in [0, 0.05) is 18.1 Å². The number of halogens is 1. The van der Waals surface area contributed by atoms with Gasteiger partial charge in [-0.3, -0.25) is 13.9 Å². The van der Waals surface area contributed by atoms with Crippen molar-refractivity contribution in [3.63, 3.8) is 0 Å². The largest absolute Gasteiger partial charge is 0.354 e. The highest BCUT2D eigenvalue weighted by molar-refractivity contribution is 7.92. The lowest BCUT2D eigenvalue weighted by atomic mass is 10.1. The average Bonchev–Trinajstić information content (AvgIpc) is 2.91. The Morgan fingerprint density at radius 1 is 0.923 bits per heavy atom. The van der Waals surface area contributed by atoms with Gasteiger partial charge >= 0.3 is 0 Å². The third-order valence-corrected chi connectivity index (χ3v) is 8.39. The number of aryl methyl sites for hydroxylation is 2. The average molecular weight is 570 g/mol. The molecule has 1 atom stereocenters. The van der Waals surface area contributed by atoms with Gasteiger partial charge in [-0.25, -0.2) is 8.42 Å². The zero-order valence-corrected chi connectivity index (χ0v) is 24.6. The SMILES string of the molecule is Cc1ccc(C)c(N(CC(=O)N(Cc2ccc(Cl)cc2)[C@@H](C)C(=O)NCC(C)C)S(=O)(=O)c2ccccc2)c1. The number of amides is 2. The number of hydrogen-bond acceptors (Lipinski definition) is 4. The van der Waals surface area contributed by atoms with E-state index in [1.54, 1.807) is 62.4 Å². The fraction of sp³-hybridized carbons (Fsp3) is 0.333. The third kappa shape index (κ3) is 7.83. The molecule has 3 aromatic rings. The van der Waals surface area contributed by atoms with Gasteiger partial charge in [0.05, 0.1) is 10.6 Å². The van der Waals surface area contributed by atoms with E-state index in [1.165, 1.54) is 17.0 Å². The maximum absolute atomic E-state index is 14.0. The molecule has 0 saturated carbocycles. The smallest absolute Gasteiger partial charge is 0.264 e. The van der Waals surface area contributed by atoms with Crippen molar-refractivity contribution in [2.24, 2.45) is 5.92 Å². The molecule has 0 aliphatic rings. The second-order valence-corrected chi connectivity index (χ2v) is 12.4. The van der Waals surface area contributed by atoms with E-state index in [0.717, 1.165) is 15.4 Å². The standard InChI is InChI=1S/C30H36ClN3O4S/c1-21(2)18-32-30(36)24(5)33(19-25-13-15-26(31)16-14-25)29(35)20-34(28-17-22(3)11-12-23(28)4)39(37,38)27-9-7-6-8-10-27/h6-17,21,24H,18-20H2,1-5H3,(H,32,36)/t24-/m0/s1. The highest BCUT2D eigenvalue weighted by Crippen LogP contribution is 2.28. The Bertz CT molecular complexity index is 1390. The summed E-state index contributed by atoms with van der Waals surface area (Å²) in [5.74, 6) is -0.579. The number of benzene rings is 3. The van der Waals surface area contributed by atoms with Gasteiger partial charge in [-0.05, 0) is 73.7 Å². The van der Waals surface area contributed by atoms with Crippen molar-refractivity contribution in [2.45, 2.75) is 52.1 Å². The Morgan fingerprint density at radius 2 is 1.56 bits per heavy atom. The monoisotopic (exact) mass is 569 g/mol. The number of rotatable bonds is 11. The summed E-state index contributed by atoms with van der Waals surface area (Å²) >= 11 is 6.05. The molecule has 1 N–H and O–H groups in total. The molecule has 9 heteroatoms. The van der Waals surface area contributed by atoms with E-state index in [-0.39, 0.29) is 23.3 Å². The molecule has 0 fully saturated rings. The summed E-state index contributed by atoms with van der Waals surface area (Å²) in [5.41, 5.74) is 2.74. The summed E-state index contributed by atoms with van der Waals surface area (Å²) in [7, 11) is -4.10. The van der Waals surface area contributed by atoms with Gasteiger partial charge < -0.3 is 10.2 Å². The molecule has 0 aliphatic carbocycles. The van der Waals surface area contributed by atoms with Gasteiger partial charge in [0.25, 0.3) is 10.0 Å². The molecule has 0 saturated heterocycles. The Kier molecular flexibility index (Phi) is 10.2. The van der Waals surface area contributed by atoms with Crippen LogP contribution in [-0.2, 0) is 26.2 Å². The summed E-state index contributed by atoms with van der Waals surface area (Å²) in [6.45, 7) is 9.39. The van der Waals surface area contributed by atoms with Crippen LogP contribution in [-0.4, -0.2) is 44.3 Å². The third-order valence-electron chi connectivity index (χ3n) is 6.36. The Balaban J connectivity index is 2.03. The molecule has 39 heavy (non-hydrogen) atoms. The number of carbonyl (C=O) groups excluding carboxylic acids is 2. The first-order valence-electron chi connectivity index (χ1n) is 12.9. The number of anilines is 1. The number of hydrogen-bond donors (Lipinski definition) is 1. The van der Waals surface area contributed by atoms with E-state index in [9.17, 15) is 18.0 Å². The molecule has 0 aliphatic heterocycles. The van der Waals surface area contributed by atoms with Gasteiger partial charge in [-0.2, -0.15) is 0 Å². The van der Waals surface area contributed by atoms with Crippen molar-refractivity contribution < 1.29 is 18.0 Å². The molecule has 0 spiro atoms.